The van der Waals surface area contributed by atoms with E-state index < -0.39 is 17.0 Å². The molecule has 1 aromatic rings. The number of benzene rings is 1. The van der Waals surface area contributed by atoms with Crippen molar-refractivity contribution in [3.05, 3.63) is 33.3 Å². The van der Waals surface area contributed by atoms with Crippen molar-refractivity contribution in [1.29, 1.82) is 0 Å². The third kappa shape index (κ3) is 3.37. The maximum absolute atomic E-state index is 10.9. The second-order valence-corrected chi connectivity index (χ2v) is 4.90. The van der Waals surface area contributed by atoms with Crippen molar-refractivity contribution in [3.8, 4) is 0 Å². The van der Waals surface area contributed by atoms with Gasteiger partial charge >= 0.3 is 5.97 Å². The zero-order valence-electron chi connectivity index (χ0n) is 10.4. The molecule has 0 amide bonds. The summed E-state index contributed by atoms with van der Waals surface area (Å²) in [5.41, 5.74) is 0.215. The van der Waals surface area contributed by atoms with Gasteiger partial charge in [-0.25, -0.2) is 4.79 Å². The van der Waals surface area contributed by atoms with E-state index in [2.05, 4.69) is 5.32 Å². The first kappa shape index (κ1) is 14.5. The van der Waals surface area contributed by atoms with E-state index in [-0.39, 0.29) is 16.8 Å². The van der Waals surface area contributed by atoms with Crippen LogP contribution in [0.25, 0.3) is 0 Å². The lowest BCUT2D eigenvalue weighted by Gasteiger charge is -2.13. The molecular weight excluding hydrogens is 288 g/mol. The number of aliphatic carboxylic acids is 1. The molecule has 0 bridgehead atoms. The van der Waals surface area contributed by atoms with Crippen LogP contribution < -0.4 is 5.32 Å². The highest BCUT2D eigenvalue weighted by atomic mass is 35.5. The van der Waals surface area contributed by atoms with Crippen molar-refractivity contribution in [1.82, 2.24) is 0 Å². The number of carbonyl (C=O) groups is 1. The molecule has 2 atom stereocenters. The van der Waals surface area contributed by atoms with E-state index in [1.807, 2.05) is 0 Å². The normalized spacial score (nSPS) is 21.6. The van der Waals surface area contributed by atoms with Crippen LogP contribution in [0.1, 0.15) is 12.8 Å². The van der Waals surface area contributed by atoms with Crippen LogP contribution in [0.5, 0.6) is 0 Å². The van der Waals surface area contributed by atoms with Gasteiger partial charge in [0.1, 0.15) is 5.69 Å². The molecule has 0 spiro atoms. The van der Waals surface area contributed by atoms with Crippen LogP contribution in [0.2, 0.25) is 5.02 Å². The van der Waals surface area contributed by atoms with Crippen molar-refractivity contribution in [2.45, 2.75) is 25.0 Å². The number of anilines is 1. The molecule has 1 aromatic carbocycles. The minimum atomic E-state index is -0.982. The zero-order valence-corrected chi connectivity index (χ0v) is 11.2. The van der Waals surface area contributed by atoms with Crippen LogP contribution in [-0.4, -0.2) is 34.8 Å². The largest absolute Gasteiger partial charge is 0.479 e. The molecule has 1 aliphatic heterocycles. The molecule has 8 heteroatoms. The van der Waals surface area contributed by atoms with Crippen molar-refractivity contribution in [2.75, 3.05) is 11.9 Å². The fraction of sp³-hybridized carbons (Fsp3) is 0.417. The first-order valence-corrected chi connectivity index (χ1v) is 6.41. The summed E-state index contributed by atoms with van der Waals surface area (Å²) < 4.78 is 5.31. The molecule has 1 fully saturated rings. The Morgan fingerprint density at radius 3 is 2.90 bits per heavy atom. The Labute approximate surface area is 119 Å². The van der Waals surface area contributed by atoms with Gasteiger partial charge in [-0.05, 0) is 25.0 Å². The average Bonchev–Trinajstić information content (AvgIpc) is 2.86. The summed E-state index contributed by atoms with van der Waals surface area (Å²) in [5.74, 6) is -0.982. The smallest absolute Gasteiger partial charge is 0.332 e. The Hall–Kier alpha value is -1.86. The highest BCUT2D eigenvalue weighted by Crippen LogP contribution is 2.28. The second-order valence-electron chi connectivity index (χ2n) is 4.46. The molecule has 0 aliphatic carbocycles. The van der Waals surface area contributed by atoms with Gasteiger partial charge in [0.05, 0.1) is 11.0 Å². The summed E-state index contributed by atoms with van der Waals surface area (Å²) in [6, 6.07) is 4.33. The minimum absolute atomic E-state index is 0.120. The van der Waals surface area contributed by atoms with Gasteiger partial charge in [0.15, 0.2) is 6.10 Å². The SMILES string of the molecule is O=C(O)C1CCC(CNc2ccc(Cl)cc2[N+](=O)[O-])O1. The monoisotopic (exact) mass is 300 g/mol. The maximum Gasteiger partial charge on any atom is 0.332 e. The standard InChI is InChI=1S/C12H13ClN2O5/c13-7-1-3-9(10(5-7)15(18)19)14-6-8-2-4-11(20-8)12(16)17/h1,3,5,8,11,14H,2,4,6H2,(H,16,17). The van der Waals surface area contributed by atoms with Crippen LogP contribution in [0, 0.1) is 10.1 Å². The molecule has 2 rings (SSSR count). The van der Waals surface area contributed by atoms with Crippen LogP contribution in [0.15, 0.2) is 18.2 Å². The molecule has 0 aromatic heterocycles. The van der Waals surface area contributed by atoms with E-state index in [9.17, 15) is 14.9 Å². The van der Waals surface area contributed by atoms with Crippen molar-refractivity contribution in [2.24, 2.45) is 0 Å². The van der Waals surface area contributed by atoms with Crippen molar-refractivity contribution < 1.29 is 19.6 Å². The number of ether oxygens (including phenoxy) is 1. The van der Waals surface area contributed by atoms with E-state index in [0.29, 0.717) is 25.1 Å². The summed E-state index contributed by atoms with van der Waals surface area (Å²) >= 11 is 5.72. The van der Waals surface area contributed by atoms with Gasteiger partial charge in [-0.1, -0.05) is 11.6 Å². The maximum atomic E-state index is 10.9. The van der Waals surface area contributed by atoms with Gasteiger partial charge in [-0.3, -0.25) is 10.1 Å². The predicted octanol–water partition coefficient (Wildman–Crippen LogP) is 2.29. The topological polar surface area (TPSA) is 102 Å². The third-order valence-corrected chi connectivity index (χ3v) is 3.29. The number of nitrogens with one attached hydrogen (secondary N) is 1. The fourth-order valence-corrected chi connectivity index (χ4v) is 2.23. The van der Waals surface area contributed by atoms with Crippen LogP contribution >= 0.6 is 11.6 Å². The number of hydrogen-bond acceptors (Lipinski definition) is 5. The molecule has 1 saturated heterocycles. The first-order chi connectivity index (χ1) is 9.47. The average molecular weight is 301 g/mol. The molecule has 2 unspecified atom stereocenters. The minimum Gasteiger partial charge on any atom is -0.479 e. The van der Waals surface area contributed by atoms with Gasteiger partial charge in [-0.15, -0.1) is 0 Å². The number of nitro benzene ring substituents is 1. The Balaban J connectivity index is 1.98. The lowest BCUT2D eigenvalue weighted by atomic mass is 10.2. The van der Waals surface area contributed by atoms with Crippen molar-refractivity contribution in [3.63, 3.8) is 0 Å². The van der Waals surface area contributed by atoms with Gasteiger partial charge < -0.3 is 15.2 Å². The highest BCUT2D eigenvalue weighted by Gasteiger charge is 2.30. The Morgan fingerprint density at radius 2 is 2.30 bits per heavy atom. The Bertz CT molecular complexity index is 537. The molecule has 7 nitrogen and oxygen atoms in total. The van der Waals surface area contributed by atoms with Crippen LogP contribution in [-0.2, 0) is 9.53 Å². The second kappa shape index (κ2) is 6.06. The van der Waals surface area contributed by atoms with Gasteiger partial charge in [0, 0.05) is 17.6 Å². The summed E-state index contributed by atoms with van der Waals surface area (Å²) in [7, 11) is 0. The third-order valence-electron chi connectivity index (χ3n) is 3.06. The Kier molecular flexibility index (Phi) is 4.41. The number of rotatable bonds is 5. The summed E-state index contributed by atoms with van der Waals surface area (Å²) in [5, 5.41) is 22.9. The van der Waals surface area contributed by atoms with Crippen molar-refractivity contribution >= 4 is 28.9 Å². The molecule has 20 heavy (non-hydrogen) atoms. The lowest BCUT2D eigenvalue weighted by Crippen LogP contribution is -2.24. The van der Waals surface area contributed by atoms with Gasteiger partial charge in [0.2, 0.25) is 0 Å². The predicted molar refractivity (Wildman–Crippen MR) is 72.1 cm³/mol. The quantitative estimate of drug-likeness (QED) is 0.639. The van der Waals surface area contributed by atoms with E-state index in [1.165, 1.54) is 12.1 Å². The molecule has 0 radical (unpaired) electrons. The molecule has 108 valence electrons. The van der Waals surface area contributed by atoms with Gasteiger partial charge in [-0.2, -0.15) is 0 Å². The number of carboxylic acids is 1. The molecule has 0 saturated carbocycles. The molecule has 1 heterocycles. The number of nitro groups is 1. The van der Waals surface area contributed by atoms with Gasteiger partial charge in [0.25, 0.3) is 5.69 Å². The van der Waals surface area contributed by atoms with E-state index in [4.69, 9.17) is 21.4 Å². The summed E-state index contributed by atoms with van der Waals surface area (Å²) in [6.45, 7) is 0.312. The number of halogens is 1. The molecule has 2 N–H and O–H groups in total. The van der Waals surface area contributed by atoms with E-state index in [1.54, 1.807) is 6.07 Å². The molecular formula is C12H13ClN2O5. The van der Waals surface area contributed by atoms with Crippen LogP contribution in [0.3, 0.4) is 0 Å². The Morgan fingerprint density at radius 1 is 1.55 bits per heavy atom. The number of nitrogens with zero attached hydrogens (tertiary/aromatic N) is 1. The van der Waals surface area contributed by atoms with Crippen LogP contribution in [0.4, 0.5) is 11.4 Å². The molecule has 1 aliphatic rings. The fourth-order valence-electron chi connectivity index (χ4n) is 2.07. The van der Waals surface area contributed by atoms with E-state index >= 15 is 0 Å². The number of carboxylic acid groups (broad SMARTS) is 1. The highest BCUT2D eigenvalue weighted by molar-refractivity contribution is 6.30. The summed E-state index contributed by atoms with van der Waals surface area (Å²) in [4.78, 5) is 21.1. The van der Waals surface area contributed by atoms with E-state index in [0.717, 1.165) is 0 Å². The summed E-state index contributed by atoms with van der Waals surface area (Å²) in [6.07, 6.45) is -0.0103. The lowest BCUT2D eigenvalue weighted by molar-refractivity contribution is -0.383. The zero-order chi connectivity index (χ0) is 14.7. The first-order valence-electron chi connectivity index (χ1n) is 6.03. The number of hydrogen-bond donors (Lipinski definition) is 2.